The van der Waals surface area contributed by atoms with E-state index in [1.807, 2.05) is 18.2 Å². The van der Waals surface area contributed by atoms with E-state index in [2.05, 4.69) is 9.97 Å². The van der Waals surface area contributed by atoms with Gasteiger partial charge >= 0.3 is 5.76 Å². The second-order valence-corrected chi connectivity index (χ2v) is 4.19. The predicted octanol–water partition coefficient (Wildman–Crippen LogP) is 1.93. The summed E-state index contributed by atoms with van der Waals surface area (Å²) in [6.07, 6.45) is 2.27. The normalized spacial score (nSPS) is 10.9. The number of nitrogens with zero attached hydrogens (tertiary/aromatic N) is 3. The molecule has 0 fully saturated rings. The number of fused-ring (bicyclic) bond motifs is 1. The van der Waals surface area contributed by atoms with Gasteiger partial charge in [-0.1, -0.05) is 23.7 Å². The van der Waals surface area contributed by atoms with Crippen LogP contribution in [0.25, 0.3) is 5.65 Å². The third kappa shape index (κ3) is 2.00. The van der Waals surface area contributed by atoms with Gasteiger partial charge < -0.3 is 4.52 Å². The van der Waals surface area contributed by atoms with Crippen molar-refractivity contribution in [3.05, 3.63) is 63.5 Å². The second kappa shape index (κ2) is 4.27. The Morgan fingerprint density at radius 2 is 2.17 bits per heavy atom. The van der Waals surface area contributed by atoms with Crippen molar-refractivity contribution < 1.29 is 4.52 Å². The van der Waals surface area contributed by atoms with Crippen LogP contribution in [0, 0.1) is 0 Å². The molecule has 5 nitrogen and oxygen atoms in total. The molecule has 0 aromatic carbocycles. The third-order valence-corrected chi connectivity index (χ3v) is 2.78. The smallest absolute Gasteiger partial charge is 0.314 e. The minimum atomic E-state index is -0.600. The zero-order chi connectivity index (χ0) is 12.5. The molecule has 3 heterocycles. The van der Waals surface area contributed by atoms with E-state index in [9.17, 15) is 4.79 Å². The Labute approximate surface area is 107 Å². The van der Waals surface area contributed by atoms with Crippen molar-refractivity contribution in [1.82, 2.24) is 14.5 Å². The van der Waals surface area contributed by atoms with Crippen molar-refractivity contribution in [2.45, 2.75) is 6.42 Å². The van der Waals surface area contributed by atoms with E-state index in [4.69, 9.17) is 16.1 Å². The van der Waals surface area contributed by atoms with Crippen molar-refractivity contribution in [2.24, 2.45) is 0 Å². The number of pyridine rings is 2. The highest BCUT2D eigenvalue weighted by Gasteiger charge is 2.06. The first-order chi connectivity index (χ1) is 8.72. The van der Waals surface area contributed by atoms with Crippen LogP contribution in [-0.2, 0) is 6.42 Å². The predicted molar refractivity (Wildman–Crippen MR) is 65.8 cm³/mol. The number of hydrogen-bond donors (Lipinski definition) is 0. The molecule has 0 saturated heterocycles. The van der Waals surface area contributed by atoms with Gasteiger partial charge in [-0.3, -0.25) is 0 Å². The van der Waals surface area contributed by atoms with Crippen LogP contribution < -0.4 is 5.76 Å². The van der Waals surface area contributed by atoms with Gasteiger partial charge in [-0.15, -0.1) is 0 Å². The molecule has 0 amide bonds. The van der Waals surface area contributed by atoms with Crippen LogP contribution in [0.1, 0.15) is 11.3 Å². The highest BCUT2D eigenvalue weighted by atomic mass is 35.5. The van der Waals surface area contributed by atoms with Crippen LogP contribution in [0.3, 0.4) is 0 Å². The zero-order valence-corrected chi connectivity index (χ0v) is 9.96. The molecule has 0 aliphatic heterocycles. The molecule has 3 aromatic rings. The summed E-state index contributed by atoms with van der Waals surface area (Å²) in [4.78, 5) is 18.9. The van der Waals surface area contributed by atoms with Gasteiger partial charge in [-0.05, 0) is 23.8 Å². The molecular weight excluding hydrogens is 254 g/mol. The van der Waals surface area contributed by atoms with E-state index < -0.39 is 5.76 Å². The SMILES string of the molecule is O=c1nc2cccc(Cc3ccc(Cl)nc3)n2o1. The van der Waals surface area contributed by atoms with Crippen LogP contribution in [0.15, 0.2) is 45.8 Å². The number of aromatic nitrogens is 3. The molecular formula is C12H8ClN3O2. The summed E-state index contributed by atoms with van der Waals surface area (Å²) in [6.45, 7) is 0. The molecule has 0 aliphatic rings. The summed E-state index contributed by atoms with van der Waals surface area (Å²) in [5, 5.41) is 0.450. The maximum atomic E-state index is 11.1. The summed E-state index contributed by atoms with van der Waals surface area (Å²) >= 11 is 5.73. The minimum absolute atomic E-state index is 0.450. The standard InChI is InChI=1S/C12H8ClN3O2/c13-10-5-4-8(7-14-10)6-9-2-1-3-11-15-12(17)18-16(9)11/h1-5,7H,6H2. The summed E-state index contributed by atoms with van der Waals surface area (Å²) in [6, 6.07) is 9.01. The second-order valence-electron chi connectivity index (χ2n) is 3.80. The maximum absolute atomic E-state index is 11.1. The Hall–Kier alpha value is -2.14. The molecule has 0 saturated carbocycles. The van der Waals surface area contributed by atoms with Crippen LogP contribution in [-0.4, -0.2) is 14.5 Å². The summed E-state index contributed by atoms with van der Waals surface area (Å²) in [5.41, 5.74) is 2.30. The lowest BCUT2D eigenvalue weighted by Gasteiger charge is -2.03. The molecule has 18 heavy (non-hydrogen) atoms. The molecule has 0 radical (unpaired) electrons. The Morgan fingerprint density at radius 1 is 1.28 bits per heavy atom. The minimum Gasteiger partial charge on any atom is -0.314 e. The van der Waals surface area contributed by atoms with Gasteiger partial charge in [0, 0.05) is 12.6 Å². The number of hydrogen-bond acceptors (Lipinski definition) is 4. The van der Waals surface area contributed by atoms with E-state index in [0.717, 1.165) is 11.3 Å². The summed E-state index contributed by atoms with van der Waals surface area (Å²) < 4.78 is 6.43. The van der Waals surface area contributed by atoms with Gasteiger partial charge in [0.15, 0.2) is 5.65 Å². The third-order valence-electron chi connectivity index (χ3n) is 2.55. The average Bonchev–Trinajstić information content (AvgIpc) is 2.73. The zero-order valence-electron chi connectivity index (χ0n) is 9.21. The van der Waals surface area contributed by atoms with Crippen molar-refractivity contribution in [2.75, 3.05) is 0 Å². The molecule has 6 heteroatoms. The molecule has 0 aliphatic carbocycles. The molecule has 3 rings (SSSR count). The highest BCUT2D eigenvalue weighted by Crippen LogP contribution is 2.12. The lowest BCUT2D eigenvalue weighted by Crippen LogP contribution is -1.98. The van der Waals surface area contributed by atoms with Gasteiger partial charge in [-0.2, -0.15) is 9.56 Å². The van der Waals surface area contributed by atoms with Crippen LogP contribution in [0.4, 0.5) is 0 Å². The quantitative estimate of drug-likeness (QED) is 0.662. The molecule has 0 N–H and O–H groups in total. The van der Waals surface area contributed by atoms with E-state index in [-0.39, 0.29) is 0 Å². The van der Waals surface area contributed by atoms with Gasteiger partial charge in [-0.25, -0.2) is 9.78 Å². The lowest BCUT2D eigenvalue weighted by molar-refractivity contribution is 0.336. The Balaban J connectivity index is 2.04. The van der Waals surface area contributed by atoms with Crippen molar-refractivity contribution >= 4 is 17.2 Å². The molecule has 0 unspecified atom stereocenters. The average molecular weight is 262 g/mol. The Bertz CT molecular complexity index is 746. The van der Waals surface area contributed by atoms with Crippen molar-refractivity contribution in [1.29, 1.82) is 0 Å². The fourth-order valence-corrected chi connectivity index (χ4v) is 1.87. The van der Waals surface area contributed by atoms with E-state index in [0.29, 0.717) is 17.2 Å². The van der Waals surface area contributed by atoms with Crippen LogP contribution in [0.2, 0.25) is 5.15 Å². The fraction of sp³-hybridized carbons (Fsp3) is 0.0833. The van der Waals surface area contributed by atoms with Gasteiger partial charge in [0.05, 0.1) is 5.69 Å². The lowest BCUT2D eigenvalue weighted by atomic mass is 10.1. The van der Waals surface area contributed by atoms with Crippen LogP contribution >= 0.6 is 11.6 Å². The number of rotatable bonds is 2. The Kier molecular flexibility index (Phi) is 2.60. The van der Waals surface area contributed by atoms with Gasteiger partial charge in [0.25, 0.3) is 0 Å². The Morgan fingerprint density at radius 3 is 2.94 bits per heavy atom. The van der Waals surface area contributed by atoms with Gasteiger partial charge in [0.1, 0.15) is 5.15 Å². The van der Waals surface area contributed by atoms with Crippen molar-refractivity contribution in [3.63, 3.8) is 0 Å². The highest BCUT2D eigenvalue weighted by molar-refractivity contribution is 6.29. The first-order valence-corrected chi connectivity index (χ1v) is 5.68. The first-order valence-electron chi connectivity index (χ1n) is 5.31. The largest absolute Gasteiger partial charge is 0.460 e. The molecule has 0 bridgehead atoms. The molecule has 0 spiro atoms. The summed E-state index contributed by atoms with van der Waals surface area (Å²) in [7, 11) is 0. The van der Waals surface area contributed by atoms with E-state index in [1.165, 1.54) is 4.57 Å². The van der Waals surface area contributed by atoms with E-state index in [1.54, 1.807) is 18.3 Å². The topological polar surface area (TPSA) is 60.4 Å². The van der Waals surface area contributed by atoms with Gasteiger partial charge in [0.2, 0.25) is 0 Å². The summed E-state index contributed by atoms with van der Waals surface area (Å²) in [5.74, 6) is -0.600. The molecule has 0 atom stereocenters. The number of halogens is 1. The van der Waals surface area contributed by atoms with Crippen LogP contribution in [0.5, 0.6) is 0 Å². The first kappa shape index (κ1) is 11.0. The maximum Gasteiger partial charge on any atom is 0.460 e. The van der Waals surface area contributed by atoms with Crippen molar-refractivity contribution in [3.8, 4) is 0 Å². The monoisotopic (exact) mass is 261 g/mol. The van der Waals surface area contributed by atoms with E-state index >= 15 is 0 Å². The molecule has 90 valence electrons. The molecule has 3 aromatic heterocycles. The fourth-order valence-electron chi connectivity index (χ4n) is 1.76.